The van der Waals surface area contributed by atoms with Crippen molar-refractivity contribution in [1.82, 2.24) is 25.3 Å². The lowest BCUT2D eigenvalue weighted by molar-refractivity contribution is -0.141. The Kier molecular flexibility index (Phi) is 12.7. The van der Waals surface area contributed by atoms with E-state index < -0.39 is 23.5 Å². The zero-order chi connectivity index (χ0) is 36.7. The van der Waals surface area contributed by atoms with Crippen LogP contribution in [0.25, 0.3) is 10.4 Å². The van der Waals surface area contributed by atoms with Crippen molar-refractivity contribution in [3.05, 3.63) is 52.5 Å². The van der Waals surface area contributed by atoms with Gasteiger partial charge in [-0.2, -0.15) is 0 Å². The van der Waals surface area contributed by atoms with E-state index in [4.69, 9.17) is 18.7 Å². The van der Waals surface area contributed by atoms with Crippen LogP contribution in [-0.2, 0) is 25.6 Å². The maximum Gasteiger partial charge on any atom is 0.410 e. The highest BCUT2D eigenvalue weighted by molar-refractivity contribution is 7.13. The van der Waals surface area contributed by atoms with Crippen LogP contribution in [0.2, 0.25) is 0 Å². The van der Waals surface area contributed by atoms with Crippen LogP contribution in [0, 0.1) is 19.8 Å². The Morgan fingerprint density at radius 1 is 1.10 bits per heavy atom. The van der Waals surface area contributed by atoms with Crippen molar-refractivity contribution in [2.24, 2.45) is 5.92 Å². The van der Waals surface area contributed by atoms with Gasteiger partial charge in [0.15, 0.2) is 0 Å². The molecule has 2 aliphatic rings. The largest absolute Gasteiger partial charge is 0.491 e. The molecule has 4 heterocycles. The van der Waals surface area contributed by atoms with Gasteiger partial charge in [-0.15, -0.1) is 11.3 Å². The zero-order valence-electron chi connectivity index (χ0n) is 30.5. The van der Waals surface area contributed by atoms with E-state index in [0.29, 0.717) is 62.9 Å². The average molecular weight is 726 g/mol. The van der Waals surface area contributed by atoms with Crippen molar-refractivity contribution in [3.8, 4) is 16.2 Å². The van der Waals surface area contributed by atoms with Crippen LogP contribution in [0.1, 0.15) is 82.0 Å². The lowest BCUT2D eigenvalue weighted by Crippen LogP contribution is -2.48. The lowest BCUT2D eigenvalue weighted by atomic mass is 9.90. The second kappa shape index (κ2) is 17.0. The highest BCUT2D eigenvalue weighted by Gasteiger charge is 2.41. The van der Waals surface area contributed by atoms with Gasteiger partial charge in [0, 0.05) is 44.4 Å². The molecule has 1 aromatic carbocycles. The molecule has 3 amide bonds. The summed E-state index contributed by atoms with van der Waals surface area (Å²) >= 11 is 1.55. The molecule has 278 valence electrons. The molecule has 2 saturated heterocycles. The number of carbonyl (C=O) groups excluding carboxylic acids is 3. The van der Waals surface area contributed by atoms with Gasteiger partial charge in [0.2, 0.25) is 11.8 Å². The highest BCUT2D eigenvalue weighted by atomic mass is 32.1. The Bertz CT molecular complexity index is 1640. The summed E-state index contributed by atoms with van der Waals surface area (Å²) in [5.74, 6) is -0.650. The molecule has 2 N–H and O–H groups in total. The van der Waals surface area contributed by atoms with Crippen molar-refractivity contribution < 1.29 is 38.2 Å². The molecular weight excluding hydrogens is 675 g/mol. The fourth-order valence-corrected chi connectivity index (χ4v) is 7.32. The number of aliphatic hydroxyl groups excluding tert-OH is 1. The minimum absolute atomic E-state index is 0.0160. The number of rotatable bonds is 13. The van der Waals surface area contributed by atoms with Gasteiger partial charge in [0.1, 0.15) is 35.7 Å². The van der Waals surface area contributed by atoms with E-state index in [0.717, 1.165) is 34.5 Å². The van der Waals surface area contributed by atoms with Crippen LogP contribution in [0.3, 0.4) is 0 Å². The van der Waals surface area contributed by atoms with Crippen LogP contribution >= 0.6 is 11.3 Å². The van der Waals surface area contributed by atoms with Gasteiger partial charge in [0.25, 0.3) is 0 Å². The first-order valence-corrected chi connectivity index (χ1v) is 18.6. The second-order valence-corrected chi connectivity index (χ2v) is 15.2. The van der Waals surface area contributed by atoms with E-state index >= 15 is 0 Å². The number of carbonyl (C=O) groups is 3. The van der Waals surface area contributed by atoms with E-state index in [-0.39, 0.29) is 37.2 Å². The molecule has 0 saturated carbocycles. The molecular formula is C37H51N5O8S. The normalized spacial score (nSPS) is 18.1. The molecule has 3 atom stereocenters. The van der Waals surface area contributed by atoms with Crippen LogP contribution in [0.5, 0.6) is 5.75 Å². The van der Waals surface area contributed by atoms with Gasteiger partial charge < -0.3 is 39.0 Å². The molecule has 51 heavy (non-hydrogen) atoms. The summed E-state index contributed by atoms with van der Waals surface area (Å²) in [5, 5.41) is 16.9. The average Bonchev–Trinajstić information content (AvgIpc) is 3.87. The number of nitrogens with one attached hydrogen (secondary N) is 1. The van der Waals surface area contributed by atoms with Gasteiger partial charge >= 0.3 is 6.09 Å². The summed E-state index contributed by atoms with van der Waals surface area (Å²) in [5.41, 5.74) is 4.61. The fourth-order valence-electron chi connectivity index (χ4n) is 6.52. The number of aromatic nitrogens is 2. The Morgan fingerprint density at radius 3 is 2.51 bits per heavy atom. The van der Waals surface area contributed by atoms with E-state index in [1.165, 1.54) is 0 Å². The summed E-state index contributed by atoms with van der Waals surface area (Å²) in [6.07, 6.45) is 2.38. The van der Waals surface area contributed by atoms with Crippen molar-refractivity contribution in [2.45, 2.75) is 97.4 Å². The summed E-state index contributed by atoms with van der Waals surface area (Å²) in [6, 6.07) is 6.97. The minimum Gasteiger partial charge on any atom is -0.491 e. The Labute approximate surface area is 303 Å². The van der Waals surface area contributed by atoms with Crippen LogP contribution < -0.4 is 10.1 Å². The quantitative estimate of drug-likeness (QED) is 0.224. The van der Waals surface area contributed by atoms with Gasteiger partial charge in [-0.1, -0.05) is 24.2 Å². The van der Waals surface area contributed by atoms with Crippen molar-refractivity contribution in [1.29, 1.82) is 0 Å². The van der Waals surface area contributed by atoms with Crippen LogP contribution in [-0.4, -0.2) is 100 Å². The van der Waals surface area contributed by atoms with Gasteiger partial charge in [-0.25, -0.2) is 9.78 Å². The molecule has 2 aromatic heterocycles. The molecule has 0 radical (unpaired) electrons. The lowest BCUT2D eigenvalue weighted by Gasteiger charge is -2.33. The topological polar surface area (TPSA) is 157 Å². The van der Waals surface area contributed by atoms with Gasteiger partial charge in [-0.05, 0) is 77.8 Å². The predicted octanol–water partition coefficient (Wildman–Crippen LogP) is 5.23. The summed E-state index contributed by atoms with van der Waals surface area (Å²) < 4.78 is 23.3. The van der Waals surface area contributed by atoms with Gasteiger partial charge in [-0.3, -0.25) is 9.59 Å². The first-order chi connectivity index (χ1) is 24.3. The first kappa shape index (κ1) is 38.2. The predicted molar refractivity (Wildman–Crippen MR) is 191 cm³/mol. The second-order valence-electron chi connectivity index (χ2n) is 14.4. The maximum absolute atomic E-state index is 13.8. The van der Waals surface area contributed by atoms with Crippen LogP contribution in [0.15, 0.2) is 34.3 Å². The molecule has 2 unspecified atom stereocenters. The standard InChI is InChI=1S/C37H51N5O8S/c1-23(21-43)32(31-18-24(2)40-50-31)35(45)42-13-7-8-29(42)34(44)38-20-27-10-9-26(33-25(3)39-22-51-33)19-30(27)48-17-16-47-28-11-14-41(15-12-28)36(46)49-37(4,5)6/h9-10,18-19,22-23,28-29,32,43H,7-8,11-17,20-21H2,1-6H3,(H,38,44)/t23?,29?,32-/m0/s1. The smallest absolute Gasteiger partial charge is 0.410 e. The zero-order valence-corrected chi connectivity index (χ0v) is 31.3. The number of benzene rings is 1. The number of nitrogens with zero attached hydrogens (tertiary/aromatic N) is 4. The van der Waals surface area contributed by atoms with Crippen molar-refractivity contribution in [3.63, 3.8) is 0 Å². The third-order valence-electron chi connectivity index (χ3n) is 9.23. The number of hydrogen-bond acceptors (Lipinski definition) is 11. The summed E-state index contributed by atoms with van der Waals surface area (Å²) in [4.78, 5) is 48.6. The number of amides is 3. The number of aryl methyl sites for hydroxylation is 2. The number of hydrogen-bond donors (Lipinski definition) is 2. The van der Waals surface area contributed by atoms with Crippen molar-refractivity contribution in [2.75, 3.05) is 39.5 Å². The summed E-state index contributed by atoms with van der Waals surface area (Å²) in [6.45, 7) is 13.4. The highest BCUT2D eigenvalue weighted by Crippen LogP contribution is 2.33. The van der Waals surface area contributed by atoms with Gasteiger partial charge in [0.05, 0.1) is 34.5 Å². The number of likely N-dealkylation sites (tertiary alicyclic amines) is 2. The molecule has 2 aliphatic heterocycles. The van der Waals surface area contributed by atoms with E-state index in [9.17, 15) is 19.5 Å². The minimum atomic E-state index is -0.743. The number of thiazole rings is 1. The fraction of sp³-hybridized carbons (Fsp3) is 0.595. The van der Waals surface area contributed by atoms with E-state index in [1.807, 2.05) is 51.4 Å². The number of ether oxygens (including phenoxy) is 3. The third-order valence-corrected chi connectivity index (χ3v) is 10.2. The molecule has 13 nitrogen and oxygen atoms in total. The Morgan fingerprint density at radius 2 is 1.86 bits per heavy atom. The molecule has 14 heteroatoms. The molecule has 0 aliphatic carbocycles. The van der Waals surface area contributed by atoms with E-state index in [2.05, 4.69) is 15.5 Å². The first-order valence-electron chi connectivity index (χ1n) is 17.7. The van der Waals surface area contributed by atoms with E-state index in [1.54, 1.807) is 41.1 Å². The molecule has 0 spiro atoms. The van der Waals surface area contributed by atoms with Crippen LogP contribution in [0.4, 0.5) is 4.79 Å². The Balaban J connectivity index is 1.20. The summed E-state index contributed by atoms with van der Waals surface area (Å²) in [7, 11) is 0. The third kappa shape index (κ3) is 9.86. The SMILES string of the molecule is Cc1cc([C@@H](C(=O)N2CCCC2C(=O)NCc2ccc(-c3scnc3C)cc2OCCOC2CCN(C(=O)OC(C)(C)C)CC2)C(C)CO)on1. The number of aliphatic hydroxyl groups is 1. The molecule has 0 bridgehead atoms. The monoisotopic (exact) mass is 725 g/mol. The molecule has 5 rings (SSSR count). The Hall–Kier alpha value is -4.01. The molecule has 3 aromatic rings. The number of piperidine rings is 1. The molecule has 2 fully saturated rings. The van der Waals surface area contributed by atoms with Crippen molar-refractivity contribution >= 4 is 29.2 Å². The maximum atomic E-state index is 13.8.